The van der Waals surface area contributed by atoms with Crippen molar-refractivity contribution in [3.63, 3.8) is 0 Å². The van der Waals surface area contributed by atoms with Gasteiger partial charge in [-0.2, -0.15) is 0 Å². The normalized spacial score (nSPS) is 15.1. The van der Waals surface area contributed by atoms with Crippen LogP contribution in [-0.4, -0.2) is 50.3 Å². The van der Waals surface area contributed by atoms with Gasteiger partial charge in [0.05, 0.1) is 10.6 Å². The Labute approximate surface area is 199 Å². The van der Waals surface area contributed by atoms with Gasteiger partial charge in [0.25, 0.3) is 15.9 Å². The maximum atomic E-state index is 13.2. The van der Waals surface area contributed by atoms with Crippen molar-refractivity contribution in [1.82, 2.24) is 9.80 Å². The van der Waals surface area contributed by atoms with Crippen molar-refractivity contribution in [3.8, 4) is 0 Å². The lowest BCUT2D eigenvalue weighted by molar-refractivity contribution is 0.0761. The summed E-state index contributed by atoms with van der Waals surface area (Å²) < 4.78 is 28.2. The van der Waals surface area contributed by atoms with E-state index in [1.54, 1.807) is 35.2 Å². The smallest absolute Gasteiger partial charge is 0.261 e. The zero-order chi connectivity index (χ0) is 23.3. The van der Waals surface area contributed by atoms with Crippen LogP contribution in [0.5, 0.6) is 0 Å². The van der Waals surface area contributed by atoms with Crippen molar-refractivity contribution in [2.24, 2.45) is 0 Å². The van der Waals surface area contributed by atoms with E-state index in [0.717, 1.165) is 26.1 Å². The molecule has 1 aliphatic heterocycles. The molecule has 1 amide bonds. The van der Waals surface area contributed by atoms with Gasteiger partial charge in [-0.3, -0.25) is 14.4 Å². The number of benzene rings is 3. The van der Waals surface area contributed by atoms with Crippen molar-refractivity contribution in [3.05, 3.63) is 95.0 Å². The van der Waals surface area contributed by atoms with E-state index in [0.29, 0.717) is 29.4 Å². The molecule has 1 N–H and O–H groups in total. The summed E-state index contributed by atoms with van der Waals surface area (Å²) in [6.45, 7) is 3.78. The van der Waals surface area contributed by atoms with E-state index in [1.165, 1.54) is 23.8 Å². The summed E-state index contributed by atoms with van der Waals surface area (Å²) in [6, 6.07) is 22.9. The maximum absolute atomic E-state index is 13.2. The van der Waals surface area contributed by atoms with Crippen molar-refractivity contribution in [1.29, 1.82) is 0 Å². The van der Waals surface area contributed by atoms with Crippen molar-refractivity contribution >= 4 is 33.2 Å². The number of nitrogens with one attached hydrogen (secondary N) is 1. The molecule has 0 spiro atoms. The largest absolute Gasteiger partial charge is 0.337 e. The first-order valence-electron chi connectivity index (χ1n) is 10.8. The van der Waals surface area contributed by atoms with Crippen LogP contribution in [0, 0.1) is 0 Å². The molecule has 0 unspecified atom stereocenters. The van der Waals surface area contributed by atoms with Crippen LogP contribution in [0.15, 0.2) is 83.8 Å². The van der Waals surface area contributed by atoms with E-state index in [4.69, 9.17) is 11.6 Å². The van der Waals surface area contributed by atoms with Crippen LogP contribution >= 0.6 is 11.6 Å². The summed E-state index contributed by atoms with van der Waals surface area (Å²) >= 11 is 5.95. The molecule has 0 aliphatic carbocycles. The first-order chi connectivity index (χ1) is 15.9. The summed E-state index contributed by atoms with van der Waals surface area (Å²) in [5.74, 6) is -0.156. The number of carbonyl (C=O) groups excluding carboxylic acids is 1. The number of anilines is 1. The van der Waals surface area contributed by atoms with Gasteiger partial charge in [-0.05, 0) is 48.4 Å². The Morgan fingerprint density at radius 1 is 0.879 bits per heavy atom. The molecule has 0 saturated carbocycles. The molecule has 3 aromatic carbocycles. The van der Waals surface area contributed by atoms with Crippen LogP contribution in [-0.2, 0) is 16.6 Å². The van der Waals surface area contributed by atoms with Crippen LogP contribution in [0.2, 0.25) is 5.02 Å². The van der Waals surface area contributed by atoms with E-state index in [9.17, 15) is 13.2 Å². The average Bonchev–Trinajstić information content (AvgIpc) is 3.05. The number of hydrogen-bond donors (Lipinski definition) is 1. The molecule has 1 heterocycles. The van der Waals surface area contributed by atoms with Gasteiger partial charge in [0.2, 0.25) is 0 Å². The second-order valence-corrected chi connectivity index (χ2v) is 10.2. The molecule has 6 nitrogen and oxygen atoms in total. The van der Waals surface area contributed by atoms with Gasteiger partial charge in [-0.15, -0.1) is 0 Å². The van der Waals surface area contributed by atoms with Gasteiger partial charge in [0.1, 0.15) is 0 Å². The molecule has 0 radical (unpaired) electrons. The molecule has 1 aliphatic rings. The van der Waals surface area contributed by atoms with Crippen LogP contribution < -0.4 is 4.72 Å². The SMILES string of the molecule is O=C(c1cccc(S(=O)(=O)Nc2cccc(Cl)c2)c1)N1CCCN(Cc2ccccc2)CC1. The van der Waals surface area contributed by atoms with Gasteiger partial charge in [0, 0.05) is 43.3 Å². The minimum absolute atomic E-state index is 0.0360. The Balaban J connectivity index is 1.44. The summed E-state index contributed by atoms with van der Waals surface area (Å²) in [6.07, 6.45) is 0.868. The van der Waals surface area contributed by atoms with Crippen LogP contribution in [0.4, 0.5) is 5.69 Å². The lowest BCUT2D eigenvalue weighted by Gasteiger charge is -2.22. The van der Waals surface area contributed by atoms with Crippen LogP contribution in [0.1, 0.15) is 22.3 Å². The predicted octanol–water partition coefficient (Wildman–Crippen LogP) is 4.49. The zero-order valence-electron chi connectivity index (χ0n) is 18.2. The highest BCUT2D eigenvalue weighted by atomic mass is 35.5. The number of halogens is 1. The fourth-order valence-electron chi connectivity index (χ4n) is 3.92. The maximum Gasteiger partial charge on any atom is 0.261 e. The Morgan fingerprint density at radius 2 is 1.67 bits per heavy atom. The highest BCUT2D eigenvalue weighted by Crippen LogP contribution is 2.21. The van der Waals surface area contributed by atoms with Crippen LogP contribution in [0.25, 0.3) is 0 Å². The molecule has 33 heavy (non-hydrogen) atoms. The number of hydrogen-bond acceptors (Lipinski definition) is 4. The third-order valence-corrected chi connectivity index (χ3v) is 7.21. The lowest BCUT2D eigenvalue weighted by atomic mass is 10.2. The third kappa shape index (κ3) is 6.13. The average molecular weight is 484 g/mol. The van der Waals surface area contributed by atoms with Gasteiger partial charge in [-0.1, -0.05) is 54.1 Å². The first-order valence-corrected chi connectivity index (χ1v) is 12.7. The summed E-state index contributed by atoms with van der Waals surface area (Å²) in [4.78, 5) is 17.4. The molecule has 0 atom stereocenters. The van der Waals surface area contributed by atoms with Crippen molar-refractivity contribution in [2.75, 3.05) is 30.9 Å². The first kappa shape index (κ1) is 23.3. The number of sulfonamides is 1. The molecule has 172 valence electrons. The third-order valence-electron chi connectivity index (χ3n) is 5.59. The number of amides is 1. The van der Waals surface area contributed by atoms with E-state index in [-0.39, 0.29) is 10.8 Å². The standard InChI is InChI=1S/C25H26ClN3O3S/c26-22-10-5-11-23(18-22)27-33(31,32)24-12-4-9-21(17-24)25(30)29-14-6-13-28(15-16-29)19-20-7-2-1-3-8-20/h1-5,7-12,17-18,27H,6,13-16,19H2. The number of carbonyl (C=O) groups is 1. The molecular weight excluding hydrogens is 458 g/mol. The summed E-state index contributed by atoms with van der Waals surface area (Å²) in [7, 11) is -3.86. The van der Waals surface area contributed by atoms with Crippen molar-refractivity contribution < 1.29 is 13.2 Å². The summed E-state index contributed by atoms with van der Waals surface area (Å²) in [5, 5.41) is 0.432. The van der Waals surface area contributed by atoms with E-state index in [1.807, 2.05) is 18.2 Å². The predicted molar refractivity (Wildman–Crippen MR) is 131 cm³/mol. The Kier molecular flexibility index (Phi) is 7.33. The number of rotatable bonds is 6. The fourth-order valence-corrected chi connectivity index (χ4v) is 5.20. The van der Waals surface area contributed by atoms with E-state index >= 15 is 0 Å². The van der Waals surface area contributed by atoms with E-state index in [2.05, 4.69) is 21.8 Å². The van der Waals surface area contributed by atoms with E-state index < -0.39 is 10.0 Å². The Bertz CT molecular complexity index is 1220. The minimum atomic E-state index is -3.86. The number of nitrogens with zero attached hydrogens (tertiary/aromatic N) is 2. The molecule has 0 bridgehead atoms. The Morgan fingerprint density at radius 3 is 2.45 bits per heavy atom. The van der Waals surface area contributed by atoms with Crippen LogP contribution in [0.3, 0.4) is 0 Å². The molecule has 4 rings (SSSR count). The van der Waals surface area contributed by atoms with Gasteiger partial charge >= 0.3 is 0 Å². The Hall–Kier alpha value is -2.87. The topological polar surface area (TPSA) is 69.7 Å². The van der Waals surface area contributed by atoms with Gasteiger partial charge < -0.3 is 4.90 Å². The quantitative estimate of drug-likeness (QED) is 0.561. The molecule has 1 fully saturated rings. The summed E-state index contributed by atoms with van der Waals surface area (Å²) in [5.41, 5.74) is 1.98. The van der Waals surface area contributed by atoms with Gasteiger partial charge in [-0.25, -0.2) is 8.42 Å². The van der Waals surface area contributed by atoms with Crippen molar-refractivity contribution in [2.45, 2.75) is 17.9 Å². The highest BCUT2D eigenvalue weighted by molar-refractivity contribution is 7.92. The van der Waals surface area contributed by atoms with Gasteiger partial charge in [0.15, 0.2) is 0 Å². The highest BCUT2D eigenvalue weighted by Gasteiger charge is 2.22. The minimum Gasteiger partial charge on any atom is -0.337 e. The zero-order valence-corrected chi connectivity index (χ0v) is 19.7. The molecule has 0 aromatic heterocycles. The molecule has 1 saturated heterocycles. The molecule has 8 heteroatoms. The molecule has 3 aromatic rings. The second kappa shape index (κ2) is 10.4. The fraction of sp³-hybridized carbons (Fsp3) is 0.240. The lowest BCUT2D eigenvalue weighted by Crippen LogP contribution is -2.35. The second-order valence-electron chi connectivity index (χ2n) is 8.05. The molecular formula is C25H26ClN3O3S. The monoisotopic (exact) mass is 483 g/mol.